The van der Waals surface area contributed by atoms with Gasteiger partial charge in [0, 0.05) is 19.6 Å². The third-order valence-electron chi connectivity index (χ3n) is 2.76. The number of benzene rings is 1. The summed E-state index contributed by atoms with van der Waals surface area (Å²) in [7, 11) is -1.29. The van der Waals surface area contributed by atoms with E-state index in [0.717, 1.165) is 13.1 Å². The van der Waals surface area contributed by atoms with E-state index in [0.29, 0.717) is 17.4 Å². The number of hydrogen-bond donors (Lipinski definition) is 1. The first-order chi connectivity index (χ1) is 7.58. The van der Waals surface area contributed by atoms with Crippen LogP contribution in [0.3, 0.4) is 0 Å². The predicted molar refractivity (Wildman–Crippen MR) is 62.6 cm³/mol. The van der Waals surface area contributed by atoms with E-state index in [1.807, 2.05) is 7.05 Å². The van der Waals surface area contributed by atoms with Crippen LogP contribution < -0.4 is 4.72 Å². The second-order valence-electron chi connectivity index (χ2n) is 4.25. The van der Waals surface area contributed by atoms with Crippen molar-refractivity contribution in [2.75, 3.05) is 26.7 Å². The van der Waals surface area contributed by atoms with Gasteiger partial charge in [0.1, 0.15) is 0 Å². The van der Waals surface area contributed by atoms with Gasteiger partial charge in [-0.25, -0.2) is 13.1 Å². The second-order valence-corrected chi connectivity index (χ2v) is 6.02. The molecule has 0 bridgehead atoms. The Morgan fingerprint density at radius 2 is 1.94 bits per heavy atom. The molecule has 1 aromatic rings. The van der Waals surface area contributed by atoms with Crippen LogP contribution in [0.1, 0.15) is 0 Å². The molecule has 1 fully saturated rings. The fourth-order valence-electron chi connectivity index (χ4n) is 1.87. The van der Waals surface area contributed by atoms with Gasteiger partial charge in [0.05, 0.1) is 4.90 Å². The molecule has 0 atom stereocenters. The molecule has 1 aromatic carbocycles. The number of rotatable bonds is 4. The molecule has 88 valence electrons. The highest BCUT2D eigenvalue weighted by Crippen LogP contribution is 2.13. The van der Waals surface area contributed by atoms with Gasteiger partial charge >= 0.3 is 0 Å². The molecule has 0 radical (unpaired) electrons. The lowest BCUT2D eigenvalue weighted by Gasteiger charge is -2.36. The maximum absolute atomic E-state index is 11.8. The highest BCUT2D eigenvalue weighted by atomic mass is 32.2. The molecule has 1 aliphatic rings. The van der Waals surface area contributed by atoms with Crippen LogP contribution in [0.2, 0.25) is 0 Å². The largest absolute Gasteiger partial charge is 0.306 e. The van der Waals surface area contributed by atoms with Gasteiger partial charge in [-0.15, -0.1) is 0 Å². The van der Waals surface area contributed by atoms with E-state index >= 15 is 0 Å². The molecular weight excluding hydrogens is 224 g/mol. The highest BCUT2D eigenvalue weighted by molar-refractivity contribution is 7.89. The molecule has 16 heavy (non-hydrogen) atoms. The molecule has 5 heteroatoms. The smallest absolute Gasteiger partial charge is 0.240 e. The van der Waals surface area contributed by atoms with Crippen LogP contribution in [0.25, 0.3) is 0 Å². The minimum atomic E-state index is -3.32. The van der Waals surface area contributed by atoms with Gasteiger partial charge in [0.15, 0.2) is 0 Å². The molecule has 0 aliphatic carbocycles. The summed E-state index contributed by atoms with van der Waals surface area (Å²) in [6.45, 7) is 2.47. The number of nitrogens with zero attached hydrogens (tertiary/aromatic N) is 1. The van der Waals surface area contributed by atoms with Crippen molar-refractivity contribution in [3.8, 4) is 0 Å². The van der Waals surface area contributed by atoms with E-state index in [9.17, 15) is 8.42 Å². The monoisotopic (exact) mass is 240 g/mol. The number of likely N-dealkylation sites (tertiary alicyclic amines) is 1. The van der Waals surface area contributed by atoms with Crippen molar-refractivity contribution in [3.63, 3.8) is 0 Å². The summed E-state index contributed by atoms with van der Waals surface area (Å²) in [4.78, 5) is 2.50. The standard InChI is InChI=1S/C11H16N2O2S/c1-13-8-10(9-13)7-12-16(14,15)11-5-3-2-4-6-11/h2-6,10,12H,7-9H2,1H3. The zero-order chi connectivity index (χ0) is 11.6. The highest BCUT2D eigenvalue weighted by Gasteiger charge is 2.24. The Balaban J connectivity index is 1.94. The van der Waals surface area contributed by atoms with Gasteiger partial charge in [-0.05, 0) is 25.1 Å². The van der Waals surface area contributed by atoms with Crippen LogP contribution in [-0.4, -0.2) is 40.0 Å². The Bertz CT molecular complexity index is 438. The molecule has 0 aromatic heterocycles. The summed E-state index contributed by atoms with van der Waals surface area (Å²) < 4.78 is 26.3. The summed E-state index contributed by atoms with van der Waals surface area (Å²) >= 11 is 0. The minimum Gasteiger partial charge on any atom is -0.306 e. The lowest BCUT2D eigenvalue weighted by molar-refractivity contribution is 0.138. The van der Waals surface area contributed by atoms with Gasteiger partial charge in [-0.1, -0.05) is 18.2 Å². The Hall–Kier alpha value is -0.910. The fraction of sp³-hybridized carbons (Fsp3) is 0.455. The molecule has 1 N–H and O–H groups in total. The molecule has 2 rings (SSSR count). The van der Waals surface area contributed by atoms with E-state index in [1.165, 1.54) is 0 Å². The Morgan fingerprint density at radius 1 is 1.31 bits per heavy atom. The zero-order valence-corrected chi connectivity index (χ0v) is 10.1. The van der Waals surface area contributed by atoms with E-state index in [-0.39, 0.29) is 0 Å². The average Bonchev–Trinajstić information content (AvgIpc) is 2.24. The third kappa shape index (κ3) is 2.61. The van der Waals surface area contributed by atoms with Crippen LogP contribution in [0.4, 0.5) is 0 Å². The van der Waals surface area contributed by atoms with Crippen molar-refractivity contribution in [2.45, 2.75) is 4.90 Å². The summed E-state index contributed by atoms with van der Waals surface area (Å²) in [5.74, 6) is 0.448. The van der Waals surface area contributed by atoms with Gasteiger partial charge < -0.3 is 4.90 Å². The van der Waals surface area contributed by atoms with Crippen molar-refractivity contribution in [3.05, 3.63) is 30.3 Å². The maximum atomic E-state index is 11.8. The SMILES string of the molecule is CN1CC(CNS(=O)(=O)c2ccccc2)C1. The van der Waals surface area contributed by atoms with Crippen LogP contribution in [0.5, 0.6) is 0 Å². The third-order valence-corrected chi connectivity index (χ3v) is 4.19. The molecule has 4 nitrogen and oxygen atoms in total. The Labute approximate surface area is 96.3 Å². The summed E-state index contributed by atoms with van der Waals surface area (Å²) in [5, 5.41) is 0. The molecule has 0 amide bonds. The summed E-state index contributed by atoms with van der Waals surface area (Å²) in [6, 6.07) is 8.47. The van der Waals surface area contributed by atoms with Crippen LogP contribution in [0.15, 0.2) is 35.2 Å². The van der Waals surface area contributed by atoms with E-state index in [2.05, 4.69) is 9.62 Å². The number of nitrogens with one attached hydrogen (secondary N) is 1. The van der Waals surface area contributed by atoms with Crippen molar-refractivity contribution in [1.82, 2.24) is 9.62 Å². The molecule has 1 aliphatic heterocycles. The van der Waals surface area contributed by atoms with Gasteiger partial charge in [-0.3, -0.25) is 0 Å². The van der Waals surface area contributed by atoms with Crippen molar-refractivity contribution in [2.24, 2.45) is 5.92 Å². The number of sulfonamides is 1. The van der Waals surface area contributed by atoms with Crippen LogP contribution in [0, 0.1) is 5.92 Å². The number of hydrogen-bond acceptors (Lipinski definition) is 3. The van der Waals surface area contributed by atoms with Crippen LogP contribution >= 0.6 is 0 Å². The van der Waals surface area contributed by atoms with Gasteiger partial charge in [0.2, 0.25) is 10.0 Å². The molecule has 1 heterocycles. The maximum Gasteiger partial charge on any atom is 0.240 e. The van der Waals surface area contributed by atoms with Crippen molar-refractivity contribution >= 4 is 10.0 Å². The lowest BCUT2D eigenvalue weighted by Crippen LogP contribution is -2.49. The van der Waals surface area contributed by atoms with E-state index in [4.69, 9.17) is 0 Å². The first-order valence-electron chi connectivity index (χ1n) is 5.31. The molecule has 0 unspecified atom stereocenters. The lowest BCUT2D eigenvalue weighted by atomic mass is 10.0. The minimum absolute atomic E-state index is 0.336. The first-order valence-corrected chi connectivity index (χ1v) is 6.79. The van der Waals surface area contributed by atoms with Gasteiger partial charge in [0.25, 0.3) is 0 Å². The average molecular weight is 240 g/mol. The molecule has 1 saturated heterocycles. The van der Waals surface area contributed by atoms with Crippen molar-refractivity contribution in [1.29, 1.82) is 0 Å². The summed E-state index contributed by atoms with van der Waals surface area (Å²) in [6.07, 6.45) is 0. The van der Waals surface area contributed by atoms with E-state index < -0.39 is 10.0 Å². The van der Waals surface area contributed by atoms with Crippen molar-refractivity contribution < 1.29 is 8.42 Å². The molecule has 0 saturated carbocycles. The molecular formula is C11H16N2O2S. The zero-order valence-electron chi connectivity index (χ0n) is 9.26. The fourth-order valence-corrected chi connectivity index (χ4v) is 3.00. The second kappa shape index (κ2) is 4.53. The Kier molecular flexibility index (Phi) is 3.28. The Morgan fingerprint density at radius 3 is 2.50 bits per heavy atom. The van der Waals surface area contributed by atoms with Gasteiger partial charge in [-0.2, -0.15) is 0 Å². The summed E-state index contributed by atoms with van der Waals surface area (Å²) in [5.41, 5.74) is 0. The first kappa shape index (κ1) is 11.6. The normalized spacial score (nSPS) is 18.3. The molecule has 0 spiro atoms. The topological polar surface area (TPSA) is 49.4 Å². The van der Waals surface area contributed by atoms with Crippen LogP contribution in [-0.2, 0) is 10.0 Å². The quantitative estimate of drug-likeness (QED) is 0.835. The van der Waals surface area contributed by atoms with E-state index in [1.54, 1.807) is 30.3 Å². The predicted octanol–water partition coefficient (Wildman–Crippen LogP) is 0.526.